The monoisotopic (exact) mass is 336 g/mol. The van der Waals surface area contributed by atoms with E-state index in [1.807, 2.05) is 11.9 Å². The number of benzene rings is 2. The maximum atomic E-state index is 13.2. The molecule has 22 heavy (non-hydrogen) atoms. The molecular weight excluding hydrogens is 319 g/mol. The standard InChI is InChI=1S/C17H18ClFN2S/c1-11-4-5-13(12(2)8-11)10-21(3)17(22)20-14-6-7-16(19)15(18)9-14/h4-9H,10H2,1-3H3,(H,20,22). The quantitative estimate of drug-likeness (QED) is 0.800. The summed E-state index contributed by atoms with van der Waals surface area (Å²) in [5.41, 5.74) is 4.36. The Hall–Kier alpha value is -1.65. The Bertz CT molecular complexity index is 703. The highest BCUT2D eigenvalue weighted by Gasteiger charge is 2.09. The molecule has 0 aliphatic carbocycles. The number of halogens is 2. The minimum absolute atomic E-state index is 0.0739. The number of anilines is 1. The molecule has 0 unspecified atom stereocenters. The lowest BCUT2D eigenvalue weighted by Crippen LogP contribution is -2.30. The Morgan fingerprint density at radius 1 is 1.23 bits per heavy atom. The lowest BCUT2D eigenvalue weighted by molar-refractivity contribution is 0.507. The lowest BCUT2D eigenvalue weighted by Gasteiger charge is -2.22. The van der Waals surface area contributed by atoms with Crippen molar-refractivity contribution in [1.82, 2.24) is 4.90 Å². The molecule has 2 rings (SSSR count). The molecule has 0 saturated heterocycles. The zero-order chi connectivity index (χ0) is 16.3. The molecule has 0 aliphatic heterocycles. The van der Waals surface area contributed by atoms with Gasteiger partial charge in [-0.25, -0.2) is 4.39 Å². The van der Waals surface area contributed by atoms with Crippen LogP contribution in [0.2, 0.25) is 5.02 Å². The van der Waals surface area contributed by atoms with Gasteiger partial charge < -0.3 is 10.2 Å². The summed E-state index contributed by atoms with van der Waals surface area (Å²) in [4.78, 5) is 1.93. The van der Waals surface area contributed by atoms with Crippen LogP contribution in [-0.4, -0.2) is 17.1 Å². The van der Waals surface area contributed by atoms with Gasteiger partial charge in [0, 0.05) is 19.3 Å². The highest BCUT2D eigenvalue weighted by molar-refractivity contribution is 7.80. The Kier molecular flexibility index (Phi) is 5.37. The number of thiocarbonyl (C=S) groups is 1. The summed E-state index contributed by atoms with van der Waals surface area (Å²) in [5.74, 6) is -0.443. The summed E-state index contributed by atoms with van der Waals surface area (Å²) in [6.07, 6.45) is 0. The van der Waals surface area contributed by atoms with Crippen molar-refractivity contribution >= 4 is 34.6 Å². The zero-order valence-corrected chi connectivity index (χ0v) is 14.4. The van der Waals surface area contributed by atoms with E-state index < -0.39 is 5.82 Å². The molecule has 0 aromatic heterocycles. The van der Waals surface area contributed by atoms with Gasteiger partial charge in [-0.3, -0.25) is 0 Å². The average Bonchev–Trinajstić information content (AvgIpc) is 2.45. The fraction of sp³-hybridized carbons (Fsp3) is 0.235. The number of aryl methyl sites for hydroxylation is 2. The molecule has 1 N–H and O–H groups in total. The summed E-state index contributed by atoms with van der Waals surface area (Å²) in [6.45, 7) is 4.87. The van der Waals surface area contributed by atoms with Gasteiger partial charge in [-0.15, -0.1) is 0 Å². The number of hydrogen-bond donors (Lipinski definition) is 1. The lowest BCUT2D eigenvalue weighted by atomic mass is 10.1. The van der Waals surface area contributed by atoms with Crippen molar-refractivity contribution in [2.75, 3.05) is 12.4 Å². The van der Waals surface area contributed by atoms with Crippen LogP contribution in [0.1, 0.15) is 16.7 Å². The molecular formula is C17H18ClFN2S. The molecule has 0 heterocycles. The van der Waals surface area contributed by atoms with Gasteiger partial charge in [0.05, 0.1) is 5.02 Å². The number of hydrogen-bond acceptors (Lipinski definition) is 1. The third-order valence-electron chi connectivity index (χ3n) is 3.42. The maximum Gasteiger partial charge on any atom is 0.173 e. The SMILES string of the molecule is Cc1ccc(CN(C)C(=S)Nc2ccc(F)c(Cl)c2)c(C)c1. The molecule has 0 aliphatic rings. The van der Waals surface area contributed by atoms with Crippen molar-refractivity contribution in [3.8, 4) is 0 Å². The molecule has 0 spiro atoms. The smallest absolute Gasteiger partial charge is 0.173 e. The van der Waals surface area contributed by atoms with Crippen LogP contribution >= 0.6 is 23.8 Å². The molecule has 5 heteroatoms. The van der Waals surface area contributed by atoms with Gasteiger partial charge in [0.15, 0.2) is 5.11 Å². The van der Waals surface area contributed by atoms with Gasteiger partial charge >= 0.3 is 0 Å². The van der Waals surface area contributed by atoms with Gasteiger partial charge in [0.25, 0.3) is 0 Å². The fourth-order valence-corrected chi connectivity index (χ4v) is 2.51. The third-order valence-corrected chi connectivity index (χ3v) is 4.13. The van der Waals surface area contributed by atoms with E-state index in [-0.39, 0.29) is 5.02 Å². The summed E-state index contributed by atoms with van der Waals surface area (Å²) >= 11 is 11.2. The van der Waals surface area contributed by atoms with Crippen LogP contribution in [0, 0.1) is 19.7 Å². The molecule has 0 fully saturated rings. The van der Waals surface area contributed by atoms with E-state index >= 15 is 0 Å². The highest BCUT2D eigenvalue weighted by Crippen LogP contribution is 2.20. The van der Waals surface area contributed by atoms with Gasteiger partial charge in [-0.2, -0.15) is 0 Å². The fourth-order valence-electron chi connectivity index (χ4n) is 2.14. The predicted molar refractivity (Wildman–Crippen MR) is 95.0 cm³/mol. The van der Waals surface area contributed by atoms with Crippen molar-refractivity contribution in [3.63, 3.8) is 0 Å². The Morgan fingerprint density at radius 2 is 1.95 bits per heavy atom. The Morgan fingerprint density at radius 3 is 2.59 bits per heavy atom. The van der Waals surface area contributed by atoms with E-state index in [1.165, 1.54) is 28.8 Å². The van der Waals surface area contributed by atoms with E-state index in [0.717, 1.165) is 0 Å². The normalized spacial score (nSPS) is 10.4. The molecule has 0 saturated carbocycles. The van der Waals surface area contributed by atoms with E-state index in [4.69, 9.17) is 23.8 Å². The average molecular weight is 337 g/mol. The van der Waals surface area contributed by atoms with Crippen molar-refractivity contribution < 1.29 is 4.39 Å². The molecule has 2 aromatic carbocycles. The van der Waals surface area contributed by atoms with Gasteiger partial charge in [0.2, 0.25) is 0 Å². The second-order valence-electron chi connectivity index (χ2n) is 5.35. The van der Waals surface area contributed by atoms with Gasteiger partial charge in [0.1, 0.15) is 5.82 Å². The van der Waals surface area contributed by atoms with Crippen LogP contribution < -0.4 is 5.32 Å². The first-order valence-electron chi connectivity index (χ1n) is 6.90. The summed E-state index contributed by atoms with van der Waals surface area (Å²) in [6, 6.07) is 10.8. The minimum Gasteiger partial charge on any atom is -0.348 e. The Labute approximate surface area is 140 Å². The second-order valence-corrected chi connectivity index (χ2v) is 6.14. The molecule has 2 nitrogen and oxygen atoms in total. The van der Waals surface area contributed by atoms with Crippen LogP contribution in [0.4, 0.5) is 10.1 Å². The molecule has 2 aromatic rings. The maximum absolute atomic E-state index is 13.2. The van der Waals surface area contributed by atoms with E-state index in [9.17, 15) is 4.39 Å². The molecule has 0 bridgehead atoms. The van der Waals surface area contributed by atoms with Gasteiger partial charge in [-0.1, -0.05) is 35.4 Å². The van der Waals surface area contributed by atoms with Crippen LogP contribution in [0.3, 0.4) is 0 Å². The van der Waals surface area contributed by atoms with E-state index in [1.54, 1.807) is 6.07 Å². The number of rotatable bonds is 3. The summed E-state index contributed by atoms with van der Waals surface area (Å²) in [5, 5.41) is 3.70. The van der Waals surface area contributed by atoms with Crippen LogP contribution in [0.5, 0.6) is 0 Å². The third kappa shape index (κ3) is 4.18. The topological polar surface area (TPSA) is 15.3 Å². The van der Waals surface area contributed by atoms with Crippen LogP contribution in [-0.2, 0) is 6.54 Å². The zero-order valence-electron chi connectivity index (χ0n) is 12.8. The predicted octanol–water partition coefficient (Wildman–Crippen LogP) is 4.92. The van der Waals surface area contributed by atoms with E-state index in [2.05, 4.69) is 37.4 Å². The van der Waals surface area contributed by atoms with E-state index in [0.29, 0.717) is 17.3 Å². The van der Waals surface area contributed by atoms with Crippen molar-refractivity contribution in [1.29, 1.82) is 0 Å². The number of nitrogens with one attached hydrogen (secondary N) is 1. The molecule has 0 radical (unpaired) electrons. The van der Waals surface area contributed by atoms with Crippen molar-refractivity contribution in [3.05, 3.63) is 63.9 Å². The highest BCUT2D eigenvalue weighted by atomic mass is 35.5. The van der Waals surface area contributed by atoms with Gasteiger partial charge in [-0.05, 0) is 55.4 Å². The van der Waals surface area contributed by atoms with Crippen molar-refractivity contribution in [2.24, 2.45) is 0 Å². The first kappa shape index (κ1) is 16.7. The largest absolute Gasteiger partial charge is 0.348 e. The summed E-state index contributed by atoms with van der Waals surface area (Å²) < 4.78 is 13.2. The molecule has 0 atom stereocenters. The summed E-state index contributed by atoms with van der Waals surface area (Å²) in [7, 11) is 1.92. The Balaban J connectivity index is 2.04. The minimum atomic E-state index is -0.443. The van der Waals surface area contributed by atoms with Crippen molar-refractivity contribution in [2.45, 2.75) is 20.4 Å². The van der Waals surface area contributed by atoms with Crippen LogP contribution in [0.25, 0.3) is 0 Å². The molecule has 116 valence electrons. The second kappa shape index (κ2) is 7.07. The number of nitrogens with zero attached hydrogens (tertiary/aromatic N) is 1. The first-order chi connectivity index (χ1) is 10.4. The first-order valence-corrected chi connectivity index (χ1v) is 7.68. The molecule has 0 amide bonds. The van der Waals surface area contributed by atoms with Crippen LogP contribution in [0.15, 0.2) is 36.4 Å².